The first-order valence-electron chi connectivity index (χ1n) is 9.98. The quantitative estimate of drug-likeness (QED) is 0.680. The molecule has 1 aliphatic heterocycles. The van der Waals surface area contributed by atoms with E-state index in [1.54, 1.807) is 17.0 Å². The molecule has 1 amide bonds. The maximum absolute atomic E-state index is 13.0. The third-order valence-electron chi connectivity index (χ3n) is 5.34. The van der Waals surface area contributed by atoms with E-state index in [9.17, 15) is 4.79 Å². The van der Waals surface area contributed by atoms with Crippen LogP contribution in [0.5, 0.6) is 0 Å². The molecule has 3 heterocycles. The standard InChI is InChI=1S/C22H26N4O2/c1-2-17(25-12-6-7-13-25)16-23-22(27)20-15-19(21-11-8-14-28-21)24-26(20)18-9-4-3-5-10-18/h3-5,8-11,14-15,17H,2,6-7,12-13,16H2,1H3,(H,23,27). The summed E-state index contributed by atoms with van der Waals surface area (Å²) in [5.74, 6) is 0.527. The van der Waals surface area contributed by atoms with E-state index >= 15 is 0 Å². The van der Waals surface area contributed by atoms with E-state index < -0.39 is 0 Å². The minimum Gasteiger partial charge on any atom is -0.463 e. The van der Waals surface area contributed by atoms with Crippen LogP contribution < -0.4 is 5.32 Å². The molecule has 0 spiro atoms. The van der Waals surface area contributed by atoms with Gasteiger partial charge in [-0.1, -0.05) is 25.1 Å². The third-order valence-corrected chi connectivity index (χ3v) is 5.34. The monoisotopic (exact) mass is 378 g/mol. The summed E-state index contributed by atoms with van der Waals surface area (Å²) in [7, 11) is 0. The lowest BCUT2D eigenvalue weighted by atomic mass is 10.2. The molecule has 0 bridgehead atoms. The summed E-state index contributed by atoms with van der Waals surface area (Å²) in [4.78, 5) is 15.5. The first-order chi connectivity index (χ1) is 13.8. The number of furan rings is 1. The zero-order valence-electron chi connectivity index (χ0n) is 16.2. The zero-order chi connectivity index (χ0) is 19.3. The lowest BCUT2D eigenvalue weighted by molar-refractivity contribution is 0.0929. The molecule has 1 unspecified atom stereocenters. The van der Waals surface area contributed by atoms with Gasteiger partial charge in [0, 0.05) is 18.7 Å². The maximum atomic E-state index is 13.0. The minimum absolute atomic E-state index is 0.119. The lowest BCUT2D eigenvalue weighted by Gasteiger charge is -2.26. The summed E-state index contributed by atoms with van der Waals surface area (Å²) >= 11 is 0. The number of nitrogens with one attached hydrogen (secondary N) is 1. The van der Waals surface area contributed by atoms with Crippen LogP contribution in [0.15, 0.2) is 59.2 Å². The van der Waals surface area contributed by atoms with Crippen molar-refractivity contribution < 1.29 is 9.21 Å². The van der Waals surface area contributed by atoms with Crippen molar-refractivity contribution in [2.75, 3.05) is 19.6 Å². The Morgan fingerprint density at radius 1 is 1.18 bits per heavy atom. The molecule has 146 valence electrons. The molecule has 1 N–H and O–H groups in total. The fraction of sp³-hybridized carbons (Fsp3) is 0.364. The normalized spacial score (nSPS) is 15.6. The van der Waals surface area contributed by atoms with Crippen molar-refractivity contribution in [2.45, 2.75) is 32.2 Å². The summed E-state index contributed by atoms with van der Waals surface area (Å²) in [6.07, 6.45) is 5.13. The molecule has 1 aromatic carbocycles. The first kappa shape index (κ1) is 18.5. The molecule has 1 atom stereocenters. The van der Waals surface area contributed by atoms with Crippen LogP contribution in [0.3, 0.4) is 0 Å². The van der Waals surface area contributed by atoms with E-state index in [1.165, 1.54) is 12.8 Å². The Balaban J connectivity index is 1.57. The van der Waals surface area contributed by atoms with E-state index in [2.05, 4.69) is 22.2 Å². The Labute approximate surface area is 165 Å². The van der Waals surface area contributed by atoms with Crippen LogP contribution in [0.25, 0.3) is 17.1 Å². The molecule has 2 aromatic heterocycles. The molecule has 3 aromatic rings. The van der Waals surface area contributed by atoms with Gasteiger partial charge in [-0.25, -0.2) is 4.68 Å². The highest BCUT2D eigenvalue weighted by Gasteiger charge is 2.23. The largest absolute Gasteiger partial charge is 0.463 e. The van der Waals surface area contributed by atoms with Gasteiger partial charge in [-0.3, -0.25) is 9.69 Å². The predicted octanol–water partition coefficient (Wildman–Crippen LogP) is 3.74. The van der Waals surface area contributed by atoms with Crippen molar-refractivity contribution in [1.82, 2.24) is 20.0 Å². The summed E-state index contributed by atoms with van der Waals surface area (Å²) in [5.41, 5.74) is 2.00. The van der Waals surface area contributed by atoms with Crippen LogP contribution in [0.1, 0.15) is 36.7 Å². The van der Waals surface area contributed by atoms with Crippen molar-refractivity contribution in [2.24, 2.45) is 0 Å². The topological polar surface area (TPSA) is 63.3 Å². The fourth-order valence-electron chi connectivity index (χ4n) is 3.79. The molecule has 6 heteroatoms. The summed E-state index contributed by atoms with van der Waals surface area (Å²) in [6.45, 7) is 5.07. The highest BCUT2D eigenvalue weighted by atomic mass is 16.3. The smallest absolute Gasteiger partial charge is 0.270 e. The number of hydrogen-bond donors (Lipinski definition) is 1. The second-order valence-electron chi connectivity index (χ2n) is 7.15. The van der Waals surface area contributed by atoms with E-state index in [1.807, 2.05) is 42.5 Å². The molecule has 6 nitrogen and oxygen atoms in total. The van der Waals surface area contributed by atoms with Crippen LogP contribution in [0, 0.1) is 0 Å². The molecule has 4 rings (SSSR count). The van der Waals surface area contributed by atoms with Crippen molar-refractivity contribution in [3.8, 4) is 17.1 Å². The Kier molecular flexibility index (Phi) is 5.58. The van der Waals surface area contributed by atoms with Gasteiger partial charge >= 0.3 is 0 Å². The second kappa shape index (κ2) is 8.44. The Morgan fingerprint density at radius 2 is 1.96 bits per heavy atom. The van der Waals surface area contributed by atoms with Crippen LogP contribution in [0.2, 0.25) is 0 Å². The number of carbonyl (C=O) groups excluding carboxylic acids is 1. The number of likely N-dealkylation sites (tertiary alicyclic amines) is 1. The van der Waals surface area contributed by atoms with Gasteiger partial charge in [0.15, 0.2) is 5.76 Å². The molecule has 1 aliphatic rings. The van der Waals surface area contributed by atoms with Gasteiger partial charge < -0.3 is 9.73 Å². The number of para-hydroxylation sites is 1. The number of nitrogens with zero attached hydrogens (tertiary/aromatic N) is 3. The third kappa shape index (κ3) is 3.87. The van der Waals surface area contributed by atoms with Gasteiger partial charge in [0.25, 0.3) is 5.91 Å². The van der Waals surface area contributed by atoms with Crippen LogP contribution in [-0.2, 0) is 0 Å². The van der Waals surface area contributed by atoms with E-state index in [0.29, 0.717) is 29.7 Å². The Bertz CT molecular complexity index is 896. The zero-order valence-corrected chi connectivity index (χ0v) is 16.2. The molecular weight excluding hydrogens is 352 g/mol. The van der Waals surface area contributed by atoms with Crippen LogP contribution in [0.4, 0.5) is 0 Å². The molecule has 1 saturated heterocycles. The second-order valence-corrected chi connectivity index (χ2v) is 7.15. The average molecular weight is 378 g/mol. The molecule has 0 radical (unpaired) electrons. The molecule has 1 fully saturated rings. The predicted molar refractivity (Wildman–Crippen MR) is 108 cm³/mol. The molecular formula is C22H26N4O2. The van der Waals surface area contributed by atoms with E-state index in [0.717, 1.165) is 25.2 Å². The SMILES string of the molecule is CCC(CNC(=O)c1cc(-c2ccco2)nn1-c1ccccc1)N1CCCC1. The number of rotatable bonds is 7. The number of aromatic nitrogens is 2. The molecule has 0 aliphatic carbocycles. The number of hydrogen-bond acceptors (Lipinski definition) is 4. The Morgan fingerprint density at radius 3 is 2.64 bits per heavy atom. The van der Waals surface area contributed by atoms with E-state index in [-0.39, 0.29) is 5.91 Å². The summed E-state index contributed by atoms with van der Waals surface area (Å²) in [6, 6.07) is 15.5. The molecule has 0 saturated carbocycles. The maximum Gasteiger partial charge on any atom is 0.270 e. The van der Waals surface area contributed by atoms with E-state index in [4.69, 9.17) is 4.42 Å². The van der Waals surface area contributed by atoms with Crippen molar-refractivity contribution in [1.29, 1.82) is 0 Å². The van der Waals surface area contributed by atoms with Gasteiger partial charge in [-0.15, -0.1) is 0 Å². The van der Waals surface area contributed by atoms with Crippen molar-refractivity contribution in [3.05, 3.63) is 60.5 Å². The summed E-state index contributed by atoms with van der Waals surface area (Å²) in [5, 5.41) is 7.74. The summed E-state index contributed by atoms with van der Waals surface area (Å²) < 4.78 is 7.16. The Hall–Kier alpha value is -2.86. The number of amides is 1. The van der Waals surface area contributed by atoms with Crippen molar-refractivity contribution >= 4 is 5.91 Å². The van der Waals surface area contributed by atoms with Crippen molar-refractivity contribution in [3.63, 3.8) is 0 Å². The molecule has 28 heavy (non-hydrogen) atoms. The number of carbonyl (C=O) groups is 1. The van der Waals surface area contributed by atoms with Crippen LogP contribution in [-0.4, -0.2) is 46.3 Å². The highest BCUT2D eigenvalue weighted by Crippen LogP contribution is 2.22. The van der Waals surface area contributed by atoms with Gasteiger partial charge in [-0.2, -0.15) is 5.10 Å². The van der Waals surface area contributed by atoms with Gasteiger partial charge in [0.05, 0.1) is 12.0 Å². The highest BCUT2D eigenvalue weighted by molar-refractivity contribution is 5.94. The van der Waals surface area contributed by atoms with Gasteiger partial charge in [0.1, 0.15) is 11.4 Å². The first-order valence-corrected chi connectivity index (χ1v) is 9.98. The minimum atomic E-state index is -0.119. The average Bonchev–Trinajstić information content (AvgIpc) is 3.50. The van der Waals surface area contributed by atoms with Gasteiger partial charge in [0.2, 0.25) is 0 Å². The lowest BCUT2D eigenvalue weighted by Crippen LogP contribution is -2.42. The fourth-order valence-corrected chi connectivity index (χ4v) is 3.79. The van der Waals surface area contributed by atoms with Gasteiger partial charge in [-0.05, 0) is 56.6 Å². The van der Waals surface area contributed by atoms with Crippen LogP contribution >= 0.6 is 0 Å². The number of benzene rings is 1.